The van der Waals surface area contributed by atoms with Crippen molar-refractivity contribution in [2.75, 3.05) is 30.3 Å². The van der Waals surface area contributed by atoms with Gasteiger partial charge in [-0.15, -0.1) is 0 Å². The van der Waals surface area contributed by atoms with Crippen LogP contribution in [-0.2, 0) is 4.74 Å². The highest BCUT2D eigenvalue weighted by Crippen LogP contribution is 2.32. The lowest BCUT2D eigenvalue weighted by Crippen LogP contribution is -2.33. The summed E-state index contributed by atoms with van der Waals surface area (Å²) in [5.41, 5.74) is 2.40. The maximum atomic E-state index is 10.3. The summed E-state index contributed by atoms with van der Waals surface area (Å²) in [6, 6.07) is 7.26. The minimum atomic E-state index is -1.23. The fraction of sp³-hybridized carbons (Fsp3) is 0.350. The first-order chi connectivity index (χ1) is 16.5. The monoisotopic (exact) mass is 502 g/mol. The standard InChI is InChI=1S/C20H22N8O4S2/c29-7-13-15(30)16(31)19(32-13)28-9-25-14-17(23-8-24-18(14)28)21-5-6-22-20(34)27-12-3-1-11(2-4-12)26-10-33/h1-4,8-9,13,15-16,19,29-31H,5-7H2,(H,21,23,24)(H2,22,27,34)/t13-,15-,16-,19-/m1/s1. The number of imidazole rings is 1. The molecule has 0 bridgehead atoms. The van der Waals surface area contributed by atoms with Crippen molar-refractivity contribution >= 4 is 63.1 Å². The van der Waals surface area contributed by atoms with Crippen LogP contribution in [0.3, 0.4) is 0 Å². The van der Waals surface area contributed by atoms with Crippen molar-refractivity contribution in [2.24, 2.45) is 4.99 Å². The van der Waals surface area contributed by atoms with E-state index in [2.05, 4.69) is 53.3 Å². The number of thiocarbonyl (C=S) groups is 2. The lowest BCUT2D eigenvalue weighted by Gasteiger charge is -2.16. The van der Waals surface area contributed by atoms with Crippen LogP contribution < -0.4 is 16.0 Å². The predicted octanol–water partition coefficient (Wildman–Crippen LogP) is 0.571. The van der Waals surface area contributed by atoms with Gasteiger partial charge in [-0.25, -0.2) is 15.0 Å². The third-order valence-corrected chi connectivity index (χ3v) is 5.49. The molecule has 2 aromatic heterocycles. The summed E-state index contributed by atoms with van der Waals surface area (Å²) in [5.74, 6) is 0.492. The number of aliphatic hydroxyl groups is 3. The Hall–Kier alpha value is -3.10. The Kier molecular flexibility index (Phi) is 7.70. The molecule has 1 aliphatic heterocycles. The fourth-order valence-electron chi connectivity index (χ4n) is 3.48. The first kappa shape index (κ1) is 24.0. The normalized spacial score (nSPS) is 21.7. The minimum absolute atomic E-state index is 0.416. The van der Waals surface area contributed by atoms with E-state index < -0.39 is 31.1 Å². The van der Waals surface area contributed by atoms with Crippen molar-refractivity contribution in [3.63, 3.8) is 0 Å². The number of ether oxygens (including phenoxy) is 1. The Labute approximate surface area is 204 Å². The molecule has 0 radical (unpaired) electrons. The number of hydrogen-bond donors (Lipinski definition) is 6. The molecule has 3 aromatic rings. The average Bonchev–Trinajstić information content (AvgIpc) is 3.39. The Morgan fingerprint density at radius 2 is 1.94 bits per heavy atom. The summed E-state index contributed by atoms with van der Waals surface area (Å²) in [5, 5.41) is 41.7. The summed E-state index contributed by atoms with van der Waals surface area (Å²) >= 11 is 9.90. The van der Waals surface area contributed by atoms with Gasteiger partial charge < -0.3 is 36.0 Å². The van der Waals surface area contributed by atoms with E-state index in [1.54, 1.807) is 12.1 Å². The number of aliphatic imine (C=N–C) groups is 1. The molecular formula is C20H22N8O4S2. The number of hydrogen-bond acceptors (Lipinski definition) is 11. The quantitative estimate of drug-likeness (QED) is 0.144. The van der Waals surface area contributed by atoms with Gasteiger partial charge in [-0.3, -0.25) is 4.57 Å². The van der Waals surface area contributed by atoms with Crippen molar-refractivity contribution < 1.29 is 20.1 Å². The fourth-order valence-corrected chi connectivity index (χ4v) is 3.81. The molecule has 4 rings (SSSR count). The second kappa shape index (κ2) is 10.9. The third kappa shape index (κ3) is 5.18. The number of aromatic nitrogens is 4. The molecule has 0 saturated carbocycles. The summed E-state index contributed by atoms with van der Waals surface area (Å²) in [4.78, 5) is 16.7. The number of isothiocyanates is 1. The van der Waals surface area contributed by atoms with Gasteiger partial charge in [0.25, 0.3) is 0 Å². The van der Waals surface area contributed by atoms with Gasteiger partial charge in [0, 0.05) is 18.8 Å². The van der Waals surface area contributed by atoms with E-state index in [1.807, 2.05) is 12.1 Å². The molecule has 1 aliphatic rings. The molecule has 0 spiro atoms. The summed E-state index contributed by atoms with van der Waals surface area (Å²) in [7, 11) is 0. The van der Waals surface area contributed by atoms with Crippen LogP contribution in [0, 0.1) is 0 Å². The highest BCUT2D eigenvalue weighted by Gasteiger charge is 2.44. The van der Waals surface area contributed by atoms with Gasteiger partial charge in [-0.05, 0) is 48.7 Å². The van der Waals surface area contributed by atoms with Crippen LogP contribution >= 0.6 is 24.4 Å². The zero-order valence-corrected chi connectivity index (χ0v) is 19.3. The van der Waals surface area contributed by atoms with Crippen LogP contribution in [0.2, 0.25) is 0 Å². The first-order valence-corrected chi connectivity index (χ1v) is 11.1. The lowest BCUT2D eigenvalue weighted by molar-refractivity contribution is -0.0511. The Balaban J connectivity index is 1.33. The van der Waals surface area contributed by atoms with E-state index in [0.29, 0.717) is 40.9 Å². The number of anilines is 2. The zero-order chi connectivity index (χ0) is 24.1. The molecule has 1 fully saturated rings. The molecule has 34 heavy (non-hydrogen) atoms. The van der Waals surface area contributed by atoms with Crippen LogP contribution in [0.1, 0.15) is 6.23 Å². The van der Waals surface area contributed by atoms with E-state index >= 15 is 0 Å². The van der Waals surface area contributed by atoms with Crippen molar-refractivity contribution in [3.05, 3.63) is 36.9 Å². The summed E-state index contributed by atoms with van der Waals surface area (Å²) in [6.45, 7) is 0.567. The number of aliphatic hydroxyl groups excluding tert-OH is 3. The van der Waals surface area contributed by atoms with E-state index in [0.717, 1.165) is 5.69 Å². The highest BCUT2D eigenvalue weighted by atomic mass is 32.1. The van der Waals surface area contributed by atoms with Gasteiger partial charge >= 0.3 is 0 Å². The average molecular weight is 503 g/mol. The number of benzene rings is 1. The van der Waals surface area contributed by atoms with Gasteiger partial charge in [0.2, 0.25) is 0 Å². The molecular weight excluding hydrogens is 480 g/mol. The number of rotatable bonds is 8. The second-order valence-electron chi connectivity index (χ2n) is 7.33. The molecule has 14 heteroatoms. The number of nitrogens with one attached hydrogen (secondary N) is 3. The molecule has 1 saturated heterocycles. The molecule has 4 atom stereocenters. The molecule has 6 N–H and O–H groups in total. The summed E-state index contributed by atoms with van der Waals surface area (Å²) < 4.78 is 7.07. The number of nitrogens with zero attached hydrogens (tertiary/aromatic N) is 5. The number of fused-ring (bicyclic) bond motifs is 1. The maximum absolute atomic E-state index is 10.3. The molecule has 0 amide bonds. The molecule has 178 valence electrons. The van der Waals surface area contributed by atoms with Gasteiger partial charge in [0.05, 0.1) is 23.8 Å². The van der Waals surface area contributed by atoms with Crippen LogP contribution in [0.4, 0.5) is 17.2 Å². The first-order valence-electron chi connectivity index (χ1n) is 10.3. The largest absolute Gasteiger partial charge is 0.394 e. The maximum Gasteiger partial charge on any atom is 0.170 e. The van der Waals surface area contributed by atoms with E-state index in [1.165, 1.54) is 17.2 Å². The van der Waals surface area contributed by atoms with Gasteiger partial charge in [0.15, 0.2) is 28.3 Å². The zero-order valence-electron chi connectivity index (χ0n) is 17.7. The van der Waals surface area contributed by atoms with E-state index in [4.69, 9.17) is 17.0 Å². The molecule has 3 heterocycles. The minimum Gasteiger partial charge on any atom is -0.394 e. The van der Waals surface area contributed by atoms with Crippen LogP contribution in [0.15, 0.2) is 41.9 Å². The van der Waals surface area contributed by atoms with E-state index in [9.17, 15) is 15.3 Å². The third-order valence-electron chi connectivity index (χ3n) is 5.15. The summed E-state index contributed by atoms with van der Waals surface area (Å²) in [6.07, 6.45) is -1.46. The molecule has 1 aromatic carbocycles. The second-order valence-corrected chi connectivity index (χ2v) is 7.92. The van der Waals surface area contributed by atoms with E-state index in [-0.39, 0.29) is 0 Å². The lowest BCUT2D eigenvalue weighted by atomic mass is 10.1. The predicted molar refractivity (Wildman–Crippen MR) is 132 cm³/mol. The van der Waals surface area contributed by atoms with Crippen molar-refractivity contribution in [1.29, 1.82) is 0 Å². The molecule has 0 unspecified atom stereocenters. The van der Waals surface area contributed by atoms with Gasteiger partial charge in [-0.2, -0.15) is 4.99 Å². The Bertz CT molecular complexity index is 1200. The van der Waals surface area contributed by atoms with Crippen LogP contribution in [-0.4, -0.2) is 83.1 Å². The highest BCUT2D eigenvalue weighted by molar-refractivity contribution is 7.80. The molecule has 0 aliphatic carbocycles. The van der Waals surface area contributed by atoms with Crippen molar-refractivity contribution in [3.8, 4) is 0 Å². The van der Waals surface area contributed by atoms with Crippen molar-refractivity contribution in [1.82, 2.24) is 24.8 Å². The van der Waals surface area contributed by atoms with Gasteiger partial charge in [0.1, 0.15) is 24.6 Å². The van der Waals surface area contributed by atoms with Gasteiger partial charge in [-0.1, -0.05) is 0 Å². The van der Waals surface area contributed by atoms with Crippen molar-refractivity contribution in [2.45, 2.75) is 24.5 Å². The van der Waals surface area contributed by atoms with Crippen LogP contribution in [0.5, 0.6) is 0 Å². The molecule has 12 nitrogen and oxygen atoms in total. The Morgan fingerprint density at radius 1 is 1.15 bits per heavy atom. The topological polar surface area (TPSA) is 162 Å². The smallest absolute Gasteiger partial charge is 0.170 e. The SMILES string of the molecule is OC[C@H]1O[C@@H](n2cnc3c(NCCNC(=S)Nc4ccc(N=C=S)cc4)ncnc32)[C@H](O)[C@@H]1O. The van der Waals surface area contributed by atoms with Crippen LogP contribution in [0.25, 0.3) is 11.2 Å². The Morgan fingerprint density at radius 3 is 2.65 bits per heavy atom.